The Morgan fingerprint density at radius 3 is 3.09 bits per heavy atom. The lowest BCUT2D eigenvalue weighted by Crippen LogP contribution is -2.20. The first kappa shape index (κ1) is 15.4. The van der Waals surface area contributed by atoms with Crippen LogP contribution in [0.3, 0.4) is 0 Å². The molecule has 0 bridgehead atoms. The molecule has 1 unspecified atom stereocenters. The summed E-state index contributed by atoms with van der Waals surface area (Å²) >= 11 is 0. The first-order valence-electron chi connectivity index (χ1n) is 7.56. The number of aromatic amines is 1. The molecule has 0 aliphatic heterocycles. The van der Waals surface area contributed by atoms with Gasteiger partial charge < -0.3 is 15.4 Å². The number of H-pyrrole nitrogens is 1. The molecule has 7 heteroatoms. The predicted molar refractivity (Wildman–Crippen MR) is 86.5 cm³/mol. The summed E-state index contributed by atoms with van der Waals surface area (Å²) in [6, 6.07) is 3.72. The molecule has 6 nitrogen and oxygen atoms in total. The topological polar surface area (TPSA) is 86.7 Å². The van der Waals surface area contributed by atoms with Crippen LogP contribution in [0.1, 0.15) is 19.8 Å². The fraction of sp³-hybridized carbons (Fsp3) is 0.312. The number of nitrogens with one attached hydrogen (secondary N) is 2. The van der Waals surface area contributed by atoms with Gasteiger partial charge in [-0.2, -0.15) is 0 Å². The second-order valence-corrected chi connectivity index (χ2v) is 5.32. The van der Waals surface area contributed by atoms with Crippen molar-refractivity contribution in [2.75, 3.05) is 11.9 Å². The molecule has 0 saturated heterocycles. The zero-order valence-corrected chi connectivity index (χ0v) is 12.8. The van der Waals surface area contributed by atoms with E-state index < -0.39 is 11.9 Å². The molecular formula is C16H18FN5O. The van der Waals surface area contributed by atoms with Crippen LogP contribution in [-0.4, -0.2) is 37.7 Å². The Morgan fingerprint density at radius 2 is 2.26 bits per heavy atom. The highest BCUT2D eigenvalue weighted by Gasteiger charge is 2.13. The van der Waals surface area contributed by atoms with Crippen LogP contribution in [0.15, 0.2) is 30.7 Å². The van der Waals surface area contributed by atoms with Crippen molar-refractivity contribution < 1.29 is 9.50 Å². The second kappa shape index (κ2) is 6.70. The lowest BCUT2D eigenvalue weighted by atomic mass is 10.2. The molecule has 0 spiro atoms. The summed E-state index contributed by atoms with van der Waals surface area (Å²) < 4.78 is 13.9. The molecule has 3 aromatic rings. The Bertz CT molecular complexity index is 804. The average Bonchev–Trinajstić information content (AvgIpc) is 2.98. The van der Waals surface area contributed by atoms with E-state index in [-0.39, 0.29) is 12.4 Å². The van der Waals surface area contributed by atoms with Crippen LogP contribution in [0, 0.1) is 5.82 Å². The van der Waals surface area contributed by atoms with Crippen molar-refractivity contribution in [3.05, 3.63) is 36.5 Å². The zero-order chi connectivity index (χ0) is 16.2. The second-order valence-electron chi connectivity index (χ2n) is 5.32. The molecule has 0 aromatic carbocycles. The number of aliphatic hydroxyl groups is 1. The number of hydrogen-bond donors (Lipinski definition) is 3. The van der Waals surface area contributed by atoms with Crippen LogP contribution >= 0.6 is 0 Å². The third kappa shape index (κ3) is 3.29. The van der Waals surface area contributed by atoms with Crippen molar-refractivity contribution >= 4 is 16.9 Å². The SMILES string of the molecule is CCCC(O)CNc1nc(-c2c[nH]c3ncccc23)ncc1F. The van der Waals surface area contributed by atoms with Crippen LogP contribution in [-0.2, 0) is 0 Å². The zero-order valence-electron chi connectivity index (χ0n) is 12.8. The van der Waals surface area contributed by atoms with Crippen molar-refractivity contribution in [3.8, 4) is 11.4 Å². The lowest BCUT2D eigenvalue weighted by Gasteiger charge is -2.12. The molecule has 0 fully saturated rings. The van der Waals surface area contributed by atoms with Crippen LogP contribution in [0.25, 0.3) is 22.4 Å². The number of aliphatic hydroxyl groups excluding tert-OH is 1. The van der Waals surface area contributed by atoms with Crippen molar-refractivity contribution in [1.29, 1.82) is 0 Å². The monoisotopic (exact) mass is 315 g/mol. The van der Waals surface area contributed by atoms with Gasteiger partial charge in [-0.25, -0.2) is 19.3 Å². The van der Waals surface area contributed by atoms with E-state index in [9.17, 15) is 9.50 Å². The van der Waals surface area contributed by atoms with E-state index in [0.29, 0.717) is 12.2 Å². The van der Waals surface area contributed by atoms with E-state index in [1.807, 2.05) is 19.1 Å². The smallest absolute Gasteiger partial charge is 0.183 e. The number of nitrogens with zero attached hydrogens (tertiary/aromatic N) is 3. The summed E-state index contributed by atoms with van der Waals surface area (Å²) in [5.41, 5.74) is 1.48. The third-order valence-corrected chi connectivity index (χ3v) is 3.56. The molecular weight excluding hydrogens is 297 g/mol. The van der Waals surface area contributed by atoms with E-state index >= 15 is 0 Å². The highest BCUT2D eigenvalue weighted by Crippen LogP contribution is 2.25. The van der Waals surface area contributed by atoms with Gasteiger partial charge in [0.2, 0.25) is 0 Å². The molecule has 3 N–H and O–H groups in total. The molecule has 0 aliphatic rings. The summed E-state index contributed by atoms with van der Waals surface area (Å²) in [6.07, 6.45) is 5.56. The number of anilines is 1. The maximum atomic E-state index is 13.9. The summed E-state index contributed by atoms with van der Waals surface area (Å²) in [5.74, 6) is -0.0584. The first-order chi connectivity index (χ1) is 11.2. The van der Waals surface area contributed by atoms with Gasteiger partial charge in [-0.1, -0.05) is 13.3 Å². The Morgan fingerprint density at radius 1 is 1.39 bits per heavy atom. The maximum Gasteiger partial charge on any atom is 0.183 e. The fourth-order valence-electron chi connectivity index (χ4n) is 2.41. The number of fused-ring (bicyclic) bond motifs is 1. The largest absolute Gasteiger partial charge is 0.391 e. The van der Waals surface area contributed by atoms with Gasteiger partial charge >= 0.3 is 0 Å². The van der Waals surface area contributed by atoms with Crippen LogP contribution in [0.4, 0.5) is 10.2 Å². The number of hydrogen-bond acceptors (Lipinski definition) is 5. The minimum Gasteiger partial charge on any atom is -0.391 e. The molecule has 1 atom stereocenters. The molecule has 0 saturated carbocycles. The quantitative estimate of drug-likeness (QED) is 0.651. The molecule has 0 amide bonds. The van der Waals surface area contributed by atoms with E-state index in [1.54, 1.807) is 12.4 Å². The molecule has 23 heavy (non-hydrogen) atoms. The average molecular weight is 315 g/mol. The summed E-state index contributed by atoms with van der Waals surface area (Å²) in [5, 5.41) is 13.5. The predicted octanol–water partition coefficient (Wildman–Crippen LogP) is 2.73. The van der Waals surface area contributed by atoms with Gasteiger partial charge in [-0.05, 0) is 18.6 Å². The van der Waals surface area contributed by atoms with Crippen molar-refractivity contribution in [1.82, 2.24) is 19.9 Å². The van der Waals surface area contributed by atoms with Gasteiger partial charge in [0.05, 0.1) is 12.3 Å². The lowest BCUT2D eigenvalue weighted by molar-refractivity contribution is 0.176. The van der Waals surface area contributed by atoms with E-state index in [0.717, 1.165) is 29.2 Å². The van der Waals surface area contributed by atoms with Gasteiger partial charge in [0.1, 0.15) is 5.65 Å². The van der Waals surface area contributed by atoms with Crippen LogP contribution in [0.5, 0.6) is 0 Å². The molecule has 3 heterocycles. The van der Waals surface area contributed by atoms with E-state index in [2.05, 4.69) is 25.3 Å². The van der Waals surface area contributed by atoms with Gasteiger partial charge in [0, 0.05) is 29.9 Å². The Labute approximate surface area is 132 Å². The number of rotatable bonds is 6. The Hall–Kier alpha value is -2.54. The molecule has 3 rings (SSSR count). The fourth-order valence-corrected chi connectivity index (χ4v) is 2.41. The summed E-state index contributed by atoms with van der Waals surface area (Å²) in [6.45, 7) is 2.23. The van der Waals surface area contributed by atoms with Gasteiger partial charge in [0.25, 0.3) is 0 Å². The standard InChI is InChI=1S/C16H18FN5O/c1-2-4-10(23)7-19-16-13(17)9-21-15(22-16)12-8-20-14-11(12)5-3-6-18-14/h3,5-6,8-10,23H,2,4,7H2,1H3,(H,18,20)(H,19,21,22). The minimum absolute atomic E-state index is 0.0865. The molecule has 0 radical (unpaired) electrons. The molecule has 3 aromatic heterocycles. The van der Waals surface area contributed by atoms with E-state index in [1.165, 1.54) is 0 Å². The first-order valence-corrected chi connectivity index (χ1v) is 7.56. The van der Waals surface area contributed by atoms with Crippen LogP contribution < -0.4 is 5.32 Å². The number of pyridine rings is 1. The Kier molecular flexibility index (Phi) is 4.47. The highest BCUT2D eigenvalue weighted by molar-refractivity contribution is 5.91. The maximum absolute atomic E-state index is 13.9. The number of aromatic nitrogens is 4. The van der Waals surface area contributed by atoms with Crippen LogP contribution in [0.2, 0.25) is 0 Å². The van der Waals surface area contributed by atoms with Crippen molar-refractivity contribution in [3.63, 3.8) is 0 Å². The van der Waals surface area contributed by atoms with Gasteiger partial charge in [-0.15, -0.1) is 0 Å². The summed E-state index contributed by atoms with van der Waals surface area (Å²) in [4.78, 5) is 15.6. The normalized spacial score (nSPS) is 12.5. The van der Waals surface area contributed by atoms with Gasteiger partial charge in [-0.3, -0.25) is 0 Å². The molecule has 0 aliphatic carbocycles. The number of halogens is 1. The minimum atomic E-state index is -0.546. The van der Waals surface area contributed by atoms with E-state index in [4.69, 9.17) is 0 Å². The van der Waals surface area contributed by atoms with Gasteiger partial charge in [0.15, 0.2) is 17.5 Å². The van der Waals surface area contributed by atoms with Crippen molar-refractivity contribution in [2.45, 2.75) is 25.9 Å². The highest BCUT2D eigenvalue weighted by atomic mass is 19.1. The van der Waals surface area contributed by atoms with Crippen molar-refractivity contribution in [2.24, 2.45) is 0 Å². The third-order valence-electron chi connectivity index (χ3n) is 3.56. The molecule has 120 valence electrons. The summed E-state index contributed by atoms with van der Waals surface area (Å²) in [7, 11) is 0. The Balaban J connectivity index is 1.88.